The fraction of sp³-hybridized carbons (Fsp3) is 0.238. The number of aryl methyl sites for hydroxylation is 1. The predicted octanol–water partition coefficient (Wildman–Crippen LogP) is 2.66. The first-order valence-corrected chi connectivity index (χ1v) is 11.3. The summed E-state index contributed by atoms with van der Waals surface area (Å²) in [5, 5.41) is 3.04. The number of rotatable bonds is 9. The third kappa shape index (κ3) is 5.43. The van der Waals surface area contributed by atoms with E-state index in [4.69, 9.17) is 16.3 Å². The molecule has 1 amide bonds. The predicted molar refractivity (Wildman–Crippen MR) is 117 cm³/mol. The van der Waals surface area contributed by atoms with Gasteiger partial charge < -0.3 is 14.6 Å². The van der Waals surface area contributed by atoms with Gasteiger partial charge in [-0.25, -0.2) is 18.1 Å². The van der Waals surface area contributed by atoms with Crippen LogP contribution in [0.4, 0.5) is 0 Å². The number of halogens is 1. The van der Waals surface area contributed by atoms with E-state index in [9.17, 15) is 13.2 Å². The van der Waals surface area contributed by atoms with Crippen LogP contribution in [-0.2, 0) is 21.9 Å². The van der Waals surface area contributed by atoms with E-state index in [0.29, 0.717) is 11.6 Å². The van der Waals surface area contributed by atoms with Crippen molar-refractivity contribution in [2.24, 2.45) is 7.05 Å². The Balaban J connectivity index is 1.72. The van der Waals surface area contributed by atoms with Crippen molar-refractivity contribution in [3.8, 4) is 5.75 Å². The Morgan fingerprint density at radius 3 is 2.58 bits per heavy atom. The molecule has 0 saturated heterocycles. The normalized spacial score (nSPS) is 12.4. The number of aromatic nitrogens is 2. The summed E-state index contributed by atoms with van der Waals surface area (Å²) in [6, 6.07) is 12.9. The molecule has 0 aliphatic carbocycles. The third-order valence-corrected chi connectivity index (χ3v) is 6.60. The highest BCUT2D eigenvalue weighted by molar-refractivity contribution is 7.89. The number of nitrogens with one attached hydrogen (secondary N) is 2. The lowest BCUT2D eigenvalue weighted by atomic mass is 10.0. The van der Waals surface area contributed by atoms with Gasteiger partial charge in [-0.1, -0.05) is 41.9 Å². The van der Waals surface area contributed by atoms with Crippen LogP contribution in [0.1, 0.15) is 23.9 Å². The van der Waals surface area contributed by atoms with Crippen molar-refractivity contribution in [1.29, 1.82) is 0 Å². The first-order valence-electron chi connectivity index (χ1n) is 9.47. The van der Waals surface area contributed by atoms with Crippen LogP contribution in [0.5, 0.6) is 5.75 Å². The molecule has 31 heavy (non-hydrogen) atoms. The Hall–Kier alpha value is -2.88. The second-order valence-electron chi connectivity index (χ2n) is 6.72. The molecule has 1 unspecified atom stereocenters. The Morgan fingerprint density at radius 1 is 1.19 bits per heavy atom. The molecule has 1 atom stereocenters. The van der Waals surface area contributed by atoms with Gasteiger partial charge in [0.25, 0.3) is 0 Å². The lowest BCUT2D eigenvalue weighted by molar-refractivity contribution is -0.121. The fourth-order valence-electron chi connectivity index (χ4n) is 3.11. The van der Waals surface area contributed by atoms with Crippen LogP contribution in [-0.4, -0.2) is 37.5 Å². The number of amides is 1. The highest BCUT2D eigenvalue weighted by Gasteiger charge is 2.24. The quantitative estimate of drug-likeness (QED) is 0.509. The van der Waals surface area contributed by atoms with Gasteiger partial charge in [0.2, 0.25) is 15.9 Å². The Labute approximate surface area is 186 Å². The van der Waals surface area contributed by atoms with Crippen molar-refractivity contribution in [3.63, 3.8) is 0 Å². The minimum absolute atomic E-state index is 0.0306. The zero-order chi connectivity index (χ0) is 22.4. The van der Waals surface area contributed by atoms with Gasteiger partial charge in [-0.2, -0.15) is 0 Å². The molecule has 2 aromatic carbocycles. The number of imidazole rings is 1. The maximum atomic E-state index is 12.7. The van der Waals surface area contributed by atoms with E-state index >= 15 is 0 Å². The maximum absolute atomic E-state index is 12.7. The number of carbonyl (C=O) groups excluding carboxylic acids is 1. The first-order chi connectivity index (χ1) is 14.8. The minimum atomic E-state index is -3.83. The van der Waals surface area contributed by atoms with Crippen LogP contribution in [0.2, 0.25) is 5.02 Å². The highest BCUT2D eigenvalue weighted by Crippen LogP contribution is 2.29. The van der Waals surface area contributed by atoms with Gasteiger partial charge in [0.1, 0.15) is 22.5 Å². The van der Waals surface area contributed by atoms with Gasteiger partial charge in [-0.05, 0) is 18.2 Å². The summed E-state index contributed by atoms with van der Waals surface area (Å²) in [6.07, 6.45) is 3.35. The molecule has 164 valence electrons. The van der Waals surface area contributed by atoms with Gasteiger partial charge in [0.15, 0.2) is 0 Å². The zero-order valence-electron chi connectivity index (χ0n) is 17.1. The molecule has 0 fully saturated rings. The Kier molecular flexibility index (Phi) is 7.32. The number of para-hydroxylation sites is 1. The standard InChI is InChI=1S/C21H23ClN4O4S/c1-26-14-13-23-21(26)20(15-7-3-5-9-17(15)30-2)25-19(27)11-12-24-31(28,29)18-10-6-4-8-16(18)22/h3-10,13-14,20,24H,11-12H2,1-2H3,(H,25,27). The van der Waals surface area contributed by atoms with E-state index < -0.39 is 16.1 Å². The molecule has 0 bridgehead atoms. The van der Waals surface area contributed by atoms with Gasteiger partial charge >= 0.3 is 0 Å². The van der Waals surface area contributed by atoms with Crippen LogP contribution in [0.25, 0.3) is 0 Å². The van der Waals surface area contributed by atoms with E-state index in [1.54, 1.807) is 42.3 Å². The lowest BCUT2D eigenvalue weighted by Gasteiger charge is -2.21. The van der Waals surface area contributed by atoms with E-state index in [0.717, 1.165) is 5.56 Å². The van der Waals surface area contributed by atoms with Gasteiger partial charge in [-0.15, -0.1) is 0 Å². The number of ether oxygens (including phenoxy) is 1. The molecule has 0 aliphatic rings. The average molecular weight is 463 g/mol. The topological polar surface area (TPSA) is 102 Å². The second-order valence-corrected chi connectivity index (χ2v) is 8.86. The summed E-state index contributed by atoms with van der Waals surface area (Å²) in [5.74, 6) is 0.880. The molecule has 1 aromatic heterocycles. The van der Waals surface area contributed by atoms with Crippen molar-refractivity contribution in [3.05, 3.63) is 77.3 Å². The molecule has 8 nitrogen and oxygen atoms in total. The second kappa shape index (κ2) is 9.95. The van der Waals surface area contributed by atoms with Gasteiger partial charge in [0.05, 0.1) is 12.1 Å². The van der Waals surface area contributed by atoms with E-state index in [2.05, 4.69) is 15.0 Å². The van der Waals surface area contributed by atoms with Crippen LogP contribution in [0.15, 0.2) is 65.8 Å². The number of nitrogens with zero attached hydrogens (tertiary/aromatic N) is 2. The SMILES string of the molecule is COc1ccccc1C(NC(=O)CCNS(=O)(=O)c1ccccc1Cl)c1nccn1C. The number of hydrogen-bond acceptors (Lipinski definition) is 5. The van der Waals surface area contributed by atoms with Crippen LogP contribution < -0.4 is 14.8 Å². The number of sulfonamides is 1. The number of hydrogen-bond donors (Lipinski definition) is 2. The van der Waals surface area contributed by atoms with E-state index in [1.807, 2.05) is 25.2 Å². The molecular weight excluding hydrogens is 440 g/mol. The summed E-state index contributed by atoms with van der Waals surface area (Å²) in [4.78, 5) is 17.0. The number of carbonyl (C=O) groups is 1. The monoisotopic (exact) mass is 462 g/mol. The first kappa shape index (κ1) is 22.8. The summed E-state index contributed by atoms with van der Waals surface area (Å²) in [6.45, 7) is -0.0847. The molecule has 3 rings (SSSR count). The molecule has 0 radical (unpaired) electrons. The van der Waals surface area contributed by atoms with Crippen molar-refractivity contribution in [2.75, 3.05) is 13.7 Å². The minimum Gasteiger partial charge on any atom is -0.496 e. The number of benzene rings is 2. The van der Waals surface area contributed by atoms with Gasteiger partial charge in [0, 0.05) is 38.0 Å². The zero-order valence-corrected chi connectivity index (χ0v) is 18.7. The molecular formula is C21H23ClN4O4S. The highest BCUT2D eigenvalue weighted by atomic mass is 35.5. The van der Waals surface area contributed by atoms with Crippen molar-refractivity contribution < 1.29 is 17.9 Å². The molecule has 0 spiro atoms. The smallest absolute Gasteiger partial charge is 0.242 e. The van der Waals surface area contributed by atoms with Crippen LogP contribution >= 0.6 is 11.6 Å². The Morgan fingerprint density at radius 2 is 1.90 bits per heavy atom. The summed E-state index contributed by atoms with van der Waals surface area (Å²) >= 11 is 5.97. The average Bonchev–Trinajstić information content (AvgIpc) is 3.17. The summed E-state index contributed by atoms with van der Waals surface area (Å²) in [7, 11) is -0.443. The largest absolute Gasteiger partial charge is 0.496 e. The van der Waals surface area contributed by atoms with Crippen molar-refractivity contribution in [2.45, 2.75) is 17.4 Å². The lowest BCUT2D eigenvalue weighted by Crippen LogP contribution is -2.34. The van der Waals surface area contributed by atoms with E-state index in [1.165, 1.54) is 12.1 Å². The fourth-order valence-corrected chi connectivity index (χ4v) is 4.66. The summed E-state index contributed by atoms with van der Waals surface area (Å²) in [5.41, 5.74) is 0.740. The molecule has 1 heterocycles. The molecule has 0 saturated carbocycles. The molecule has 10 heteroatoms. The van der Waals surface area contributed by atoms with Crippen LogP contribution in [0, 0.1) is 0 Å². The summed E-state index contributed by atoms with van der Waals surface area (Å²) < 4.78 is 34.5. The van der Waals surface area contributed by atoms with Crippen molar-refractivity contribution in [1.82, 2.24) is 19.6 Å². The molecule has 2 N–H and O–H groups in total. The van der Waals surface area contributed by atoms with Crippen molar-refractivity contribution >= 4 is 27.5 Å². The Bertz CT molecular complexity index is 1160. The maximum Gasteiger partial charge on any atom is 0.242 e. The molecule has 0 aliphatic heterocycles. The number of methoxy groups -OCH3 is 1. The van der Waals surface area contributed by atoms with Crippen LogP contribution in [0.3, 0.4) is 0 Å². The third-order valence-electron chi connectivity index (χ3n) is 4.64. The molecule has 3 aromatic rings. The van der Waals surface area contributed by atoms with Gasteiger partial charge in [-0.3, -0.25) is 4.79 Å². The van der Waals surface area contributed by atoms with E-state index in [-0.39, 0.29) is 28.8 Å².